The first-order valence-electron chi connectivity index (χ1n) is 4.98. The lowest BCUT2D eigenvalue weighted by Gasteiger charge is -2.13. The van der Waals surface area contributed by atoms with E-state index in [2.05, 4.69) is 12.1 Å². The molecule has 1 aromatic carbocycles. The molecule has 1 aromatic rings. The lowest BCUT2D eigenvalue weighted by Crippen LogP contribution is -2.20. The molecular formula is C12H14O2. The highest BCUT2D eigenvalue weighted by atomic mass is 16.4. The number of carboxylic acids is 1. The van der Waals surface area contributed by atoms with E-state index < -0.39 is 5.97 Å². The van der Waals surface area contributed by atoms with Gasteiger partial charge < -0.3 is 5.11 Å². The second kappa shape index (κ2) is 3.45. The monoisotopic (exact) mass is 190 g/mol. The molecule has 1 unspecified atom stereocenters. The van der Waals surface area contributed by atoms with E-state index in [1.165, 1.54) is 11.1 Å². The van der Waals surface area contributed by atoms with Crippen LogP contribution in [-0.2, 0) is 17.6 Å². The van der Waals surface area contributed by atoms with Gasteiger partial charge in [-0.15, -0.1) is 0 Å². The largest absolute Gasteiger partial charge is 0.481 e. The molecule has 0 aromatic heterocycles. The molecule has 1 atom stereocenters. The zero-order valence-corrected chi connectivity index (χ0v) is 8.23. The summed E-state index contributed by atoms with van der Waals surface area (Å²) in [6, 6.07) is 8.24. The number of hydrogen-bond acceptors (Lipinski definition) is 1. The van der Waals surface area contributed by atoms with Gasteiger partial charge in [-0.1, -0.05) is 31.2 Å². The molecule has 2 rings (SSSR count). The van der Waals surface area contributed by atoms with Crippen molar-refractivity contribution in [3.63, 3.8) is 0 Å². The van der Waals surface area contributed by atoms with Gasteiger partial charge in [0.1, 0.15) is 0 Å². The summed E-state index contributed by atoms with van der Waals surface area (Å²) in [4.78, 5) is 10.8. The van der Waals surface area contributed by atoms with Crippen molar-refractivity contribution < 1.29 is 9.90 Å². The lowest BCUT2D eigenvalue weighted by atomic mass is 9.91. The van der Waals surface area contributed by atoms with Crippen molar-refractivity contribution in [2.24, 2.45) is 11.8 Å². The van der Waals surface area contributed by atoms with Gasteiger partial charge in [0.15, 0.2) is 0 Å². The average Bonchev–Trinajstić information content (AvgIpc) is 2.59. The molecule has 2 heteroatoms. The van der Waals surface area contributed by atoms with Gasteiger partial charge in [0.05, 0.1) is 5.92 Å². The summed E-state index contributed by atoms with van der Waals surface area (Å²) in [6.07, 6.45) is 1.84. The van der Waals surface area contributed by atoms with Gasteiger partial charge in [-0.2, -0.15) is 0 Å². The van der Waals surface area contributed by atoms with Crippen LogP contribution >= 0.6 is 0 Å². The Morgan fingerprint density at radius 1 is 1.36 bits per heavy atom. The average molecular weight is 190 g/mol. The van der Waals surface area contributed by atoms with Crippen molar-refractivity contribution in [2.45, 2.75) is 19.8 Å². The van der Waals surface area contributed by atoms with Crippen molar-refractivity contribution in [3.05, 3.63) is 35.4 Å². The Hall–Kier alpha value is -1.31. The Labute approximate surface area is 83.6 Å². The third kappa shape index (κ3) is 1.52. The highest BCUT2D eigenvalue weighted by Crippen LogP contribution is 2.31. The molecule has 0 amide bonds. The van der Waals surface area contributed by atoms with E-state index in [1.54, 1.807) is 6.92 Å². The number of fused-ring (bicyclic) bond motifs is 1. The fourth-order valence-electron chi connectivity index (χ4n) is 2.15. The standard InChI is InChI=1S/C12H14O2/c1-8(12(13)14)11-6-9-4-2-3-5-10(9)7-11/h2-5,8,11H,6-7H2,1H3,(H,13,14). The highest BCUT2D eigenvalue weighted by Gasteiger charge is 2.29. The summed E-state index contributed by atoms with van der Waals surface area (Å²) in [6.45, 7) is 1.80. The summed E-state index contributed by atoms with van der Waals surface area (Å²) in [5.74, 6) is -0.630. The molecule has 74 valence electrons. The van der Waals surface area contributed by atoms with Crippen molar-refractivity contribution >= 4 is 5.97 Å². The molecule has 0 radical (unpaired) electrons. The molecule has 14 heavy (non-hydrogen) atoms. The van der Waals surface area contributed by atoms with Gasteiger partial charge in [0.25, 0.3) is 0 Å². The normalized spacial score (nSPS) is 17.8. The van der Waals surface area contributed by atoms with Gasteiger partial charge in [-0.3, -0.25) is 4.79 Å². The Kier molecular flexibility index (Phi) is 2.28. The van der Waals surface area contributed by atoms with Crippen LogP contribution in [0.2, 0.25) is 0 Å². The lowest BCUT2D eigenvalue weighted by molar-refractivity contribution is -0.142. The zero-order chi connectivity index (χ0) is 10.1. The van der Waals surface area contributed by atoms with Gasteiger partial charge in [-0.05, 0) is 29.9 Å². The van der Waals surface area contributed by atoms with Crippen molar-refractivity contribution in [1.29, 1.82) is 0 Å². The molecule has 0 aliphatic heterocycles. The van der Waals surface area contributed by atoms with Gasteiger partial charge in [-0.25, -0.2) is 0 Å². The molecule has 0 heterocycles. The molecule has 1 aliphatic carbocycles. The number of aliphatic carboxylic acids is 1. The minimum absolute atomic E-state index is 0.234. The topological polar surface area (TPSA) is 37.3 Å². The van der Waals surface area contributed by atoms with E-state index in [0.717, 1.165) is 12.8 Å². The van der Waals surface area contributed by atoms with E-state index in [1.807, 2.05) is 12.1 Å². The molecular weight excluding hydrogens is 176 g/mol. The van der Waals surface area contributed by atoms with Gasteiger partial charge in [0, 0.05) is 0 Å². The number of carbonyl (C=O) groups is 1. The number of benzene rings is 1. The minimum Gasteiger partial charge on any atom is -0.481 e. The SMILES string of the molecule is CC(C(=O)O)C1Cc2ccccc2C1. The Bertz CT molecular complexity index is 332. The first kappa shape index (κ1) is 9.25. The third-order valence-electron chi connectivity index (χ3n) is 3.18. The first-order chi connectivity index (χ1) is 6.68. The molecule has 0 saturated heterocycles. The van der Waals surface area contributed by atoms with Crippen LogP contribution in [0.1, 0.15) is 18.1 Å². The van der Waals surface area contributed by atoms with Crippen LogP contribution < -0.4 is 0 Å². The predicted octanol–water partition coefficient (Wildman–Crippen LogP) is 2.12. The predicted molar refractivity (Wildman–Crippen MR) is 54.1 cm³/mol. The maximum absolute atomic E-state index is 10.8. The minimum atomic E-state index is -0.678. The fraction of sp³-hybridized carbons (Fsp3) is 0.417. The smallest absolute Gasteiger partial charge is 0.306 e. The van der Waals surface area contributed by atoms with E-state index in [0.29, 0.717) is 0 Å². The van der Waals surface area contributed by atoms with E-state index in [9.17, 15) is 4.79 Å². The van der Waals surface area contributed by atoms with Crippen LogP contribution in [0.25, 0.3) is 0 Å². The molecule has 1 aliphatic rings. The molecule has 0 spiro atoms. The van der Waals surface area contributed by atoms with Crippen molar-refractivity contribution in [1.82, 2.24) is 0 Å². The van der Waals surface area contributed by atoms with E-state index in [4.69, 9.17) is 5.11 Å². The Morgan fingerprint density at radius 3 is 2.29 bits per heavy atom. The maximum Gasteiger partial charge on any atom is 0.306 e. The van der Waals surface area contributed by atoms with Crippen LogP contribution in [0, 0.1) is 11.8 Å². The summed E-state index contributed by atoms with van der Waals surface area (Å²) in [5.41, 5.74) is 2.65. The number of rotatable bonds is 2. The van der Waals surface area contributed by atoms with Gasteiger partial charge in [0.2, 0.25) is 0 Å². The third-order valence-corrected chi connectivity index (χ3v) is 3.18. The van der Waals surface area contributed by atoms with Crippen molar-refractivity contribution in [2.75, 3.05) is 0 Å². The second-order valence-electron chi connectivity index (χ2n) is 4.06. The van der Waals surface area contributed by atoms with Gasteiger partial charge >= 0.3 is 5.97 Å². The highest BCUT2D eigenvalue weighted by molar-refractivity contribution is 5.70. The Balaban J connectivity index is 2.15. The summed E-state index contributed by atoms with van der Waals surface area (Å²) in [7, 11) is 0. The maximum atomic E-state index is 10.8. The van der Waals surface area contributed by atoms with Crippen LogP contribution in [-0.4, -0.2) is 11.1 Å². The summed E-state index contributed by atoms with van der Waals surface area (Å²) >= 11 is 0. The summed E-state index contributed by atoms with van der Waals surface area (Å²) < 4.78 is 0. The van der Waals surface area contributed by atoms with Crippen LogP contribution in [0.4, 0.5) is 0 Å². The van der Waals surface area contributed by atoms with E-state index in [-0.39, 0.29) is 11.8 Å². The summed E-state index contributed by atoms with van der Waals surface area (Å²) in [5, 5.41) is 8.92. The molecule has 0 saturated carbocycles. The molecule has 1 N–H and O–H groups in total. The molecule has 0 fully saturated rings. The van der Waals surface area contributed by atoms with Crippen LogP contribution in [0.3, 0.4) is 0 Å². The quantitative estimate of drug-likeness (QED) is 0.775. The molecule has 0 bridgehead atoms. The van der Waals surface area contributed by atoms with Crippen molar-refractivity contribution in [3.8, 4) is 0 Å². The Morgan fingerprint density at radius 2 is 1.86 bits per heavy atom. The van der Waals surface area contributed by atoms with Crippen LogP contribution in [0.15, 0.2) is 24.3 Å². The first-order valence-corrected chi connectivity index (χ1v) is 4.98. The van der Waals surface area contributed by atoms with E-state index >= 15 is 0 Å². The number of carboxylic acid groups (broad SMARTS) is 1. The zero-order valence-electron chi connectivity index (χ0n) is 8.23. The number of hydrogen-bond donors (Lipinski definition) is 1. The molecule has 2 nitrogen and oxygen atoms in total. The van der Waals surface area contributed by atoms with Crippen LogP contribution in [0.5, 0.6) is 0 Å². The second-order valence-corrected chi connectivity index (χ2v) is 4.06. The fourth-order valence-corrected chi connectivity index (χ4v) is 2.15.